The Morgan fingerprint density at radius 3 is 1.41 bits per heavy atom. The second-order valence-electron chi connectivity index (χ2n) is 10.8. The van der Waals surface area contributed by atoms with E-state index in [1.165, 1.54) is 90.2 Å². The van der Waals surface area contributed by atoms with Crippen molar-refractivity contribution in [3.05, 3.63) is 103 Å². The molecule has 6 heterocycles. The fourth-order valence-corrected chi connectivity index (χ4v) is 10.4. The molecule has 178 valence electrons. The molecule has 0 saturated carbocycles. The summed E-state index contributed by atoms with van der Waals surface area (Å²) in [6, 6.07) is 38.5. The summed E-state index contributed by atoms with van der Waals surface area (Å²) < 4.78 is 10.9. The van der Waals surface area contributed by atoms with E-state index in [1.54, 1.807) is 0 Å². The third-order valence-electron chi connectivity index (χ3n) is 9.08. The summed E-state index contributed by atoms with van der Waals surface area (Å²) in [5.41, 5.74) is 9.62. The van der Waals surface area contributed by atoms with Gasteiger partial charge in [-0.25, -0.2) is 0 Å². The molecule has 0 unspecified atom stereocenters. The first kappa shape index (κ1) is 19.7. The minimum Gasteiger partial charge on any atom is -0.309 e. The third kappa shape index (κ3) is 2.07. The minimum atomic E-state index is 0.227. The van der Waals surface area contributed by atoms with Gasteiger partial charge in [-0.3, -0.25) is 0 Å². The molecule has 0 bridgehead atoms. The van der Waals surface area contributed by atoms with Crippen LogP contribution in [0, 0.1) is 0 Å². The van der Waals surface area contributed by atoms with E-state index in [9.17, 15) is 0 Å². The highest BCUT2D eigenvalue weighted by Crippen LogP contribution is 2.45. The van der Waals surface area contributed by atoms with Crippen LogP contribution in [0.4, 0.5) is 0 Å². The zero-order chi connectivity index (χ0) is 25.0. The van der Waals surface area contributed by atoms with E-state index in [4.69, 9.17) is 0 Å². The molecular weight excluding hydrogens is 511 g/mol. The number of rotatable bonds is 0. The summed E-state index contributed by atoms with van der Waals surface area (Å²) >= 11 is 3.97. The van der Waals surface area contributed by atoms with Gasteiger partial charge in [-0.15, -0.1) is 22.7 Å². The van der Waals surface area contributed by atoms with Gasteiger partial charge in [-0.05, 0) is 35.8 Å². The maximum absolute atomic E-state index is 2.60. The summed E-state index contributed by atoms with van der Waals surface area (Å²) in [6.45, 7) is 0.227. The lowest BCUT2D eigenvalue weighted by Gasteiger charge is -2.29. The Morgan fingerprint density at radius 1 is 0.462 bits per heavy atom. The van der Waals surface area contributed by atoms with Crippen molar-refractivity contribution in [2.75, 3.05) is 0 Å². The monoisotopic (exact) mass is 528 g/mol. The molecule has 5 aromatic carbocycles. The van der Waals surface area contributed by atoms with Crippen molar-refractivity contribution in [1.82, 2.24) is 9.13 Å². The molecule has 0 radical (unpaired) electrons. The zero-order valence-electron chi connectivity index (χ0n) is 20.6. The Hall–Kier alpha value is -4.32. The van der Waals surface area contributed by atoms with Gasteiger partial charge in [-0.1, -0.05) is 72.8 Å². The quantitative estimate of drug-likeness (QED) is 0.181. The molecule has 0 saturated heterocycles. The highest BCUT2D eigenvalue weighted by atomic mass is 32.1. The molecule has 0 aliphatic carbocycles. The van der Waals surface area contributed by atoms with Crippen LogP contribution < -0.4 is 15.0 Å². The van der Waals surface area contributed by atoms with E-state index in [-0.39, 0.29) is 6.71 Å². The first-order valence-corrected chi connectivity index (χ1v) is 15.0. The summed E-state index contributed by atoms with van der Waals surface area (Å²) in [7, 11) is 0. The van der Waals surface area contributed by atoms with Crippen molar-refractivity contribution in [2.45, 2.75) is 0 Å². The van der Waals surface area contributed by atoms with E-state index < -0.39 is 0 Å². The number of aromatic nitrogens is 2. The summed E-state index contributed by atoms with van der Waals surface area (Å²) in [5.74, 6) is 0. The molecule has 2 nitrogen and oxygen atoms in total. The van der Waals surface area contributed by atoms with Crippen molar-refractivity contribution in [3.63, 3.8) is 0 Å². The van der Waals surface area contributed by atoms with Crippen LogP contribution in [0.5, 0.6) is 0 Å². The van der Waals surface area contributed by atoms with Gasteiger partial charge in [0.05, 0.1) is 33.4 Å². The topological polar surface area (TPSA) is 9.86 Å². The first-order chi connectivity index (χ1) is 19.4. The molecule has 0 N–H and O–H groups in total. The Kier molecular flexibility index (Phi) is 3.26. The molecule has 0 amide bonds. The number of nitrogens with zero attached hydrogens (tertiary/aromatic N) is 2. The van der Waals surface area contributed by atoms with E-state index in [1.807, 2.05) is 22.7 Å². The standard InChI is InChI=1S/C34H17BN2S2/c1-5-13-24-18(9-1)22-17-23-19-10-2-6-14-25(19)37-30(23)28-29(22)36(24)31-20-11-3-7-15-26(20)38-33(31)35(28)34-32(37)21-12-4-8-16-27(21)39-34/h1-17H. The van der Waals surface area contributed by atoms with E-state index >= 15 is 0 Å². The fourth-order valence-electron chi connectivity index (χ4n) is 7.68. The lowest BCUT2D eigenvalue weighted by atomic mass is 9.40. The van der Waals surface area contributed by atoms with Gasteiger partial charge in [0.25, 0.3) is 6.71 Å². The molecule has 0 atom stereocenters. The van der Waals surface area contributed by atoms with Crippen molar-refractivity contribution in [1.29, 1.82) is 0 Å². The second kappa shape index (κ2) is 6.45. The van der Waals surface area contributed by atoms with Crippen molar-refractivity contribution < 1.29 is 0 Å². The molecule has 5 heteroatoms. The lowest BCUT2D eigenvalue weighted by molar-refractivity contribution is 1.19. The molecule has 9 aromatic rings. The number of fused-ring (bicyclic) bond motifs is 16. The molecule has 0 spiro atoms. The highest BCUT2D eigenvalue weighted by molar-refractivity contribution is 7.40. The van der Waals surface area contributed by atoms with Crippen molar-refractivity contribution >= 4 is 108 Å². The van der Waals surface area contributed by atoms with Crippen LogP contribution in [-0.4, -0.2) is 15.8 Å². The SMILES string of the molecule is c1ccc2c3c(sc2c1)B1c2sc4ccccc4c2-n2c4ccccc4c4cc5c6ccccc6n-3c5c1c42. The van der Waals surface area contributed by atoms with Crippen LogP contribution in [0.15, 0.2) is 103 Å². The average molecular weight is 528 g/mol. The number of hydrogen-bond donors (Lipinski definition) is 0. The number of thiophene rings is 2. The molecular formula is C34H17BN2S2. The molecule has 4 aromatic heterocycles. The Morgan fingerprint density at radius 2 is 0.897 bits per heavy atom. The summed E-state index contributed by atoms with van der Waals surface area (Å²) in [4.78, 5) is 0. The van der Waals surface area contributed by atoms with Crippen LogP contribution >= 0.6 is 22.7 Å². The fraction of sp³-hybridized carbons (Fsp3) is 0. The van der Waals surface area contributed by atoms with Crippen LogP contribution in [0.1, 0.15) is 0 Å². The first-order valence-electron chi connectivity index (χ1n) is 13.4. The maximum Gasteiger partial charge on any atom is 0.277 e. The highest BCUT2D eigenvalue weighted by Gasteiger charge is 2.44. The van der Waals surface area contributed by atoms with Crippen LogP contribution in [0.25, 0.3) is 75.2 Å². The molecule has 2 aliphatic heterocycles. The van der Waals surface area contributed by atoms with Gasteiger partial charge in [0.1, 0.15) is 0 Å². The van der Waals surface area contributed by atoms with E-state index in [0.29, 0.717) is 0 Å². The van der Waals surface area contributed by atoms with Gasteiger partial charge >= 0.3 is 0 Å². The van der Waals surface area contributed by atoms with Crippen molar-refractivity contribution in [3.8, 4) is 11.4 Å². The van der Waals surface area contributed by atoms with Crippen LogP contribution in [0.2, 0.25) is 0 Å². The van der Waals surface area contributed by atoms with Crippen LogP contribution in [0.3, 0.4) is 0 Å². The largest absolute Gasteiger partial charge is 0.309 e. The van der Waals surface area contributed by atoms with Gasteiger partial charge in [-0.2, -0.15) is 0 Å². The van der Waals surface area contributed by atoms with Gasteiger partial charge in [0.15, 0.2) is 0 Å². The van der Waals surface area contributed by atoms with Crippen molar-refractivity contribution in [2.24, 2.45) is 0 Å². The van der Waals surface area contributed by atoms with E-state index in [2.05, 4.69) is 112 Å². The Bertz CT molecular complexity index is 2400. The van der Waals surface area contributed by atoms with Crippen LogP contribution in [-0.2, 0) is 0 Å². The number of hydrogen-bond acceptors (Lipinski definition) is 2. The predicted molar refractivity (Wildman–Crippen MR) is 171 cm³/mol. The molecule has 0 fully saturated rings. The number of para-hydroxylation sites is 2. The molecule has 11 rings (SSSR count). The molecule has 2 aliphatic rings. The molecule has 39 heavy (non-hydrogen) atoms. The third-order valence-corrected chi connectivity index (χ3v) is 11.5. The van der Waals surface area contributed by atoms with Gasteiger partial charge in [0, 0.05) is 51.3 Å². The predicted octanol–water partition coefficient (Wildman–Crippen LogP) is 7.45. The van der Waals surface area contributed by atoms with Gasteiger partial charge in [0.2, 0.25) is 0 Å². The summed E-state index contributed by atoms with van der Waals surface area (Å²) in [5, 5.41) is 8.13. The average Bonchev–Trinajstić information content (AvgIpc) is 3.72. The summed E-state index contributed by atoms with van der Waals surface area (Å²) in [6.07, 6.45) is 0. The zero-order valence-corrected chi connectivity index (χ0v) is 22.2. The second-order valence-corrected chi connectivity index (χ2v) is 13.0. The van der Waals surface area contributed by atoms with E-state index in [0.717, 1.165) is 0 Å². The smallest absolute Gasteiger partial charge is 0.277 e. The lowest BCUT2D eigenvalue weighted by Crippen LogP contribution is -2.57. The number of benzene rings is 5. The van der Waals surface area contributed by atoms with Gasteiger partial charge < -0.3 is 9.13 Å². The Labute approximate surface area is 231 Å². The normalized spacial score (nSPS) is 13.6. The minimum absolute atomic E-state index is 0.227. The Balaban J connectivity index is 1.52. The maximum atomic E-state index is 2.60.